The number of guanidine groups is 1. The summed E-state index contributed by atoms with van der Waals surface area (Å²) in [5, 5.41) is 13.1. The maximum absolute atomic E-state index is 9.71. The molecule has 0 saturated carbocycles. The highest BCUT2D eigenvalue weighted by atomic mass is 16.3. The minimum Gasteiger partial charge on any atom is -0.391 e. The van der Waals surface area contributed by atoms with Crippen LogP contribution in [0, 0.1) is 0 Å². The molecular formula is C18H28N4O. The monoisotopic (exact) mass is 316 g/mol. The number of rotatable bonds is 4. The lowest BCUT2D eigenvalue weighted by molar-refractivity contribution is 0.187. The molecule has 0 spiro atoms. The Labute approximate surface area is 139 Å². The lowest BCUT2D eigenvalue weighted by Crippen LogP contribution is -2.41. The van der Waals surface area contributed by atoms with Crippen LogP contribution in [0.5, 0.6) is 0 Å². The first-order chi connectivity index (χ1) is 11.3. The van der Waals surface area contributed by atoms with Gasteiger partial charge in [-0.05, 0) is 30.9 Å². The molecule has 3 rings (SSSR count). The van der Waals surface area contributed by atoms with Gasteiger partial charge >= 0.3 is 0 Å². The second kappa shape index (κ2) is 7.79. The number of nitrogens with zero attached hydrogens (tertiary/aromatic N) is 3. The van der Waals surface area contributed by atoms with E-state index in [0.29, 0.717) is 6.54 Å². The van der Waals surface area contributed by atoms with E-state index in [4.69, 9.17) is 4.99 Å². The summed E-state index contributed by atoms with van der Waals surface area (Å²) in [7, 11) is 0. The number of nitrogens with one attached hydrogen (secondary N) is 1. The third-order valence-corrected chi connectivity index (χ3v) is 4.69. The van der Waals surface area contributed by atoms with E-state index < -0.39 is 0 Å². The molecule has 1 aromatic rings. The van der Waals surface area contributed by atoms with Crippen molar-refractivity contribution in [1.82, 2.24) is 15.1 Å². The van der Waals surface area contributed by atoms with Gasteiger partial charge in [0.05, 0.1) is 12.6 Å². The summed E-state index contributed by atoms with van der Waals surface area (Å²) in [5.41, 5.74) is 2.95. The van der Waals surface area contributed by atoms with Gasteiger partial charge in [0.1, 0.15) is 0 Å². The molecule has 2 N–H and O–H groups in total. The Balaban J connectivity index is 1.53. The summed E-state index contributed by atoms with van der Waals surface area (Å²) < 4.78 is 0. The van der Waals surface area contributed by atoms with Crippen molar-refractivity contribution in [2.45, 2.75) is 32.4 Å². The molecule has 0 aliphatic carbocycles. The third kappa shape index (κ3) is 4.24. The Morgan fingerprint density at radius 1 is 1.30 bits per heavy atom. The highest BCUT2D eigenvalue weighted by molar-refractivity contribution is 5.80. The smallest absolute Gasteiger partial charge is 0.194 e. The van der Waals surface area contributed by atoms with Crippen LogP contribution in [0.3, 0.4) is 0 Å². The Morgan fingerprint density at radius 3 is 2.87 bits per heavy atom. The Bertz CT molecular complexity index is 546. The summed E-state index contributed by atoms with van der Waals surface area (Å²) in [4.78, 5) is 9.41. The van der Waals surface area contributed by atoms with Crippen LogP contribution in [0.1, 0.15) is 24.5 Å². The lowest BCUT2D eigenvalue weighted by Gasteiger charge is -2.28. The highest BCUT2D eigenvalue weighted by Crippen LogP contribution is 2.18. The van der Waals surface area contributed by atoms with Crippen LogP contribution in [-0.4, -0.2) is 66.2 Å². The second-order valence-corrected chi connectivity index (χ2v) is 6.42. The highest BCUT2D eigenvalue weighted by Gasteiger charge is 2.23. The molecule has 2 heterocycles. The molecule has 5 nitrogen and oxygen atoms in total. The van der Waals surface area contributed by atoms with E-state index in [9.17, 15) is 5.11 Å². The van der Waals surface area contributed by atoms with Crippen molar-refractivity contribution in [3.05, 3.63) is 35.4 Å². The number of fused-ring (bicyclic) bond motifs is 1. The number of benzene rings is 1. The molecule has 0 radical (unpaired) electrons. The van der Waals surface area contributed by atoms with E-state index in [2.05, 4.69) is 46.3 Å². The molecule has 2 aliphatic heterocycles. The predicted octanol–water partition coefficient (Wildman–Crippen LogP) is 1.08. The Kier molecular flexibility index (Phi) is 5.51. The summed E-state index contributed by atoms with van der Waals surface area (Å²) in [6.07, 6.45) is 1.77. The topological polar surface area (TPSA) is 51.1 Å². The van der Waals surface area contributed by atoms with E-state index in [0.717, 1.165) is 58.1 Å². The van der Waals surface area contributed by atoms with Crippen molar-refractivity contribution in [2.24, 2.45) is 4.99 Å². The van der Waals surface area contributed by atoms with Gasteiger partial charge in [0.2, 0.25) is 0 Å². The summed E-state index contributed by atoms with van der Waals surface area (Å²) in [5.74, 6) is 0.946. The van der Waals surface area contributed by atoms with E-state index in [1.54, 1.807) is 0 Å². The van der Waals surface area contributed by atoms with Crippen molar-refractivity contribution < 1.29 is 5.11 Å². The summed E-state index contributed by atoms with van der Waals surface area (Å²) >= 11 is 0. The molecule has 1 saturated heterocycles. The van der Waals surface area contributed by atoms with Gasteiger partial charge in [0.25, 0.3) is 0 Å². The van der Waals surface area contributed by atoms with Gasteiger partial charge in [-0.25, -0.2) is 0 Å². The maximum Gasteiger partial charge on any atom is 0.194 e. The first-order valence-electron chi connectivity index (χ1n) is 8.76. The minimum absolute atomic E-state index is 0.211. The molecule has 126 valence electrons. The van der Waals surface area contributed by atoms with Crippen LogP contribution in [0.15, 0.2) is 29.3 Å². The number of aliphatic imine (C=N–C) groups is 1. The average molecular weight is 316 g/mol. The first kappa shape index (κ1) is 16.3. The normalized spacial score (nSPS) is 22.3. The molecule has 1 aromatic carbocycles. The van der Waals surface area contributed by atoms with Gasteiger partial charge in [-0.15, -0.1) is 0 Å². The second-order valence-electron chi connectivity index (χ2n) is 6.42. The minimum atomic E-state index is -0.211. The van der Waals surface area contributed by atoms with E-state index in [-0.39, 0.29) is 6.10 Å². The zero-order valence-electron chi connectivity index (χ0n) is 14.0. The molecule has 0 unspecified atom stereocenters. The van der Waals surface area contributed by atoms with Gasteiger partial charge < -0.3 is 15.3 Å². The van der Waals surface area contributed by atoms with Crippen LogP contribution < -0.4 is 5.32 Å². The predicted molar refractivity (Wildman–Crippen MR) is 93.6 cm³/mol. The fraction of sp³-hybridized carbons (Fsp3) is 0.611. The number of aliphatic hydroxyl groups excluding tert-OH is 1. The van der Waals surface area contributed by atoms with Gasteiger partial charge in [-0.3, -0.25) is 9.89 Å². The van der Waals surface area contributed by atoms with Crippen molar-refractivity contribution in [3.8, 4) is 0 Å². The molecule has 1 atom stereocenters. The van der Waals surface area contributed by atoms with Gasteiger partial charge in [0, 0.05) is 39.3 Å². The van der Waals surface area contributed by atoms with Crippen LogP contribution in [0.2, 0.25) is 0 Å². The number of β-amino-alcohol motifs (C(OH)–C–C–N with tert-alkyl or cyclic N) is 1. The molecular weight excluding hydrogens is 288 g/mol. The van der Waals surface area contributed by atoms with Gasteiger partial charge in [0.15, 0.2) is 5.96 Å². The fourth-order valence-electron chi connectivity index (χ4n) is 3.40. The lowest BCUT2D eigenvalue weighted by atomic mass is 10.00. The summed E-state index contributed by atoms with van der Waals surface area (Å²) in [6.45, 7) is 8.48. The van der Waals surface area contributed by atoms with E-state index >= 15 is 0 Å². The number of hydrogen-bond acceptors (Lipinski definition) is 3. The molecule has 23 heavy (non-hydrogen) atoms. The zero-order chi connectivity index (χ0) is 16.1. The number of aliphatic hydroxyl groups is 1. The largest absolute Gasteiger partial charge is 0.391 e. The van der Waals surface area contributed by atoms with E-state index in [1.165, 1.54) is 11.1 Å². The molecule has 2 aliphatic rings. The molecule has 5 heteroatoms. The van der Waals surface area contributed by atoms with Crippen molar-refractivity contribution in [2.75, 3.05) is 39.3 Å². The molecule has 0 amide bonds. The first-order valence-corrected chi connectivity index (χ1v) is 8.76. The van der Waals surface area contributed by atoms with Crippen molar-refractivity contribution >= 4 is 5.96 Å². The van der Waals surface area contributed by atoms with E-state index in [1.807, 2.05) is 0 Å². The number of likely N-dealkylation sites (tertiary alicyclic amines) is 1. The van der Waals surface area contributed by atoms with Crippen molar-refractivity contribution in [1.29, 1.82) is 0 Å². The van der Waals surface area contributed by atoms with Crippen LogP contribution in [-0.2, 0) is 13.0 Å². The maximum atomic E-state index is 9.71. The Hall–Kier alpha value is -1.59. The Morgan fingerprint density at radius 2 is 2.13 bits per heavy atom. The quantitative estimate of drug-likeness (QED) is 0.645. The zero-order valence-corrected chi connectivity index (χ0v) is 14.0. The van der Waals surface area contributed by atoms with Gasteiger partial charge in [-0.2, -0.15) is 0 Å². The summed E-state index contributed by atoms with van der Waals surface area (Å²) in [6, 6.07) is 8.74. The molecule has 0 aromatic heterocycles. The average Bonchev–Trinajstić information content (AvgIpc) is 3.00. The molecule has 0 bridgehead atoms. The number of hydrogen-bond donors (Lipinski definition) is 2. The SMILES string of the molecule is CCNC(=NCCN1CCc2ccccc2C1)N1CC[C@@H](O)C1. The van der Waals surface area contributed by atoms with Crippen LogP contribution in [0.25, 0.3) is 0 Å². The van der Waals surface area contributed by atoms with Crippen LogP contribution >= 0.6 is 0 Å². The van der Waals surface area contributed by atoms with Crippen molar-refractivity contribution in [3.63, 3.8) is 0 Å². The van der Waals surface area contributed by atoms with Crippen LogP contribution in [0.4, 0.5) is 0 Å². The third-order valence-electron chi connectivity index (χ3n) is 4.69. The standard InChI is InChI=1S/C18H28N4O/c1-2-19-18(22-11-8-17(23)14-22)20-9-12-21-10-7-15-5-3-4-6-16(15)13-21/h3-6,17,23H,2,7-14H2,1H3,(H,19,20)/t17-/m1/s1. The molecule has 1 fully saturated rings. The van der Waals surface area contributed by atoms with Gasteiger partial charge in [-0.1, -0.05) is 24.3 Å². The fourth-order valence-corrected chi connectivity index (χ4v) is 3.40.